The lowest BCUT2D eigenvalue weighted by atomic mass is 10.1. The first-order valence-corrected chi connectivity index (χ1v) is 8.39. The molecule has 3 rings (SSSR count). The number of carbonyl (C=O) groups is 2. The van der Waals surface area contributed by atoms with Crippen LogP contribution in [-0.4, -0.2) is 49.6 Å². The predicted octanol–water partition coefficient (Wildman–Crippen LogP) is 2.35. The standard InChI is InChI=1S/C19H20FN3O3/c20-16-6-1-2-7-17(16)21-13-18(24)22-15-5-3-4-14(12-15)19(25)23-8-10-26-11-9-23/h1-7,12,21H,8-11,13H2,(H,22,24). The monoisotopic (exact) mass is 357 g/mol. The Morgan fingerprint density at radius 3 is 2.62 bits per heavy atom. The summed E-state index contributed by atoms with van der Waals surface area (Å²) in [7, 11) is 0. The summed E-state index contributed by atoms with van der Waals surface area (Å²) < 4.78 is 18.8. The highest BCUT2D eigenvalue weighted by molar-refractivity contribution is 5.98. The van der Waals surface area contributed by atoms with E-state index in [0.29, 0.717) is 37.6 Å². The van der Waals surface area contributed by atoms with E-state index in [1.54, 1.807) is 47.4 Å². The Bertz CT molecular complexity index is 791. The zero-order valence-corrected chi connectivity index (χ0v) is 14.2. The minimum absolute atomic E-state index is 0.0808. The fourth-order valence-electron chi connectivity index (χ4n) is 2.66. The molecule has 136 valence electrons. The molecule has 0 spiro atoms. The quantitative estimate of drug-likeness (QED) is 0.862. The van der Waals surface area contributed by atoms with Crippen LogP contribution in [-0.2, 0) is 9.53 Å². The third-order valence-electron chi connectivity index (χ3n) is 4.00. The Morgan fingerprint density at radius 1 is 1.08 bits per heavy atom. The molecule has 1 aliphatic heterocycles. The van der Waals surface area contributed by atoms with Crippen LogP contribution >= 0.6 is 0 Å². The molecule has 1 aliphatic rings. The Kier molecular flexibility index (Phi) is 5.80. The van der Waals surface area contributed by atoms with E-state index in [0.717, 1.165) is 0 Å². The van der Waals surface area contributed by atoms with Crippen LogP contribution in [0.3, 0.4) is 0 Å². The first kappa shape index (κ1) is 17.9. The number of amides is 2. The van der Waals surface area contributed by atoms with Gasteiger partial charge in [-0.3, -0.25) is 9.59 Å². The summed E-state index contributed by atoms with van der Waals surface area (Å²) in [6, 6.07) is 12.9. The number of halogens is 1. The van der Waals surface area contributed by atoms with Gasteiger partial charge in [0.25, 0.3) is 5.91 Å². The smallest absolute Gasteiger partial charge is 0.254 e. The molecule has 2 amide bonds. The van der Waals surface area contributed by atoms with Crippen LogP contribution in [0.25, 0.3) is 0 Å². The number of ether oxygens (including phenoxy) is 1. The number of nitrogens with zero attached hydrogens (tertiary/aromatic N) is 1. The predicted molar refractivity (Wildman–Crippen MR) is 96.7 cm³/mol. The molecular weight excluding hydrogens is 337 g/mol. The van der Waals surface area contributed by atoms with Gasteiger partial charge in [-0.25, -0.2) is 4.39 Å². The Hall–Kier alpha value is -2.93. The summed E-state index contributed by atoms with van der Waals surface area (Å²) in [6.45, 7) is 2.10. The zero-order chi connectivity index (χ0) is 18.4. The molecule has 1 fully saturated rings. The fraction of sp³-hybridized carbons (Fsp3) is 0.263. The fourth-order valence-corrected chi connectivity index (χ4v) is 2.66. The van der Waals surface area contributed by atoms with Gasteiger partial charge in [-0.2, -0.15) is 0 Å². The average Bonchev–Trinajstić information content (AvgIpc) is 2.68. The van der Waals surface area contributed by atoms with Crippen molar-refractivity contribution in [2.75, 3.05) is 43.5 Å². The summed E-state index contributed by atoms with van der Waals surface area (Å²) in [4.78, 5) is 26.3. The van der Waals surface area contributed by atoms with E-state index in [2.05, 4.69) is 10.6 Å². The number of benzene rings is 2. The number of nitrogens with one attached hydrogen (secondary N) is 2. The van der Waals surface area contributed by atoms with Crippen LogP contribution in [0.5, 0.6) is 0 Å². The molecule has 2 aromatic carbocycles. The van der Waals surface area contributed by atoms with Crippen LogP contribution in [0, 0.1) is 5.82 Å². The number of para-hydroxylation sites is 1. The van der Waals surface area contributed by atoms with E-state index in [9.17, 15) is 14.0 Å². The molecule has 2 aromatic rings. The maximum Gasteiger partial charge on any atom is 0.254 e. The summed E-state index contributed by atoms with van der Waals surface area (Å²) in [6.07, 6.45) is 0. The summed E-state index contributed by atoms with van der Waals surface area (Å²) >= 11 is 0. The molecule has 1 saturated heterocycles. The highest BCUT2D eigenvalue weighted by Gasteiger charge is 2.18. The number of hydrogen-bond acceptors (Lipinski definition) is 4. The van der Waals surface area contributed by atoms with E-state index >= 15 is 0 Å². The molecule has 0 atom stereocenters. The number of carbonyl (C=O) groups excluding carboxylic acids is 2. The molecule has 0 aliphatic carbocycles. The van der Waals surface area contributed by atoms with E-state index < -0.39 is 5.82 Å². The molecule has 2 N–H and O–H groups in total. The Balaban J connectivity index is 1.58. The van der Waals surface area contributed by atoms with Crippen LogP contribution in [0.15, 0.2) is 48.5 Å². The first-order valence-electron chi connectivity index (χ1n) is 8.39. The van der Waals surface area contributed by atoms with Gasteiger partial charge < -0.3 is 20.3 Å². The summed E-state index contributed by atoms with van der Waals surface area (Å²) in [5.41, 5.74) is 1.29. The highest BCUT2D eigenvalue weighted by Crippen LogP contribution is 2.15. The molecule has 6 nitrogen and oxygen atoms in total. The number of morpholine rings is 1. The molecule has 0 saturated carbocycles. The lowest BCUT2D eigenvalue weighted by molar-refractivity contribution is -0.114. The van der Waals surface area contributed by atoms with Crippen molar-refractivity contribution >= 4 is 23.2 Å². The van der Waals surface area contributed by atoms with E-state index in [4.69, 9.17) is 4.74 Å². The number of hydrogen-bond donors (Lipinski definition) is 2. The molecule has 0 radical (unpaired) electrons. The van der Waals surface area contributed by atoms with Gasteiger partial charge in [-0.05, 0) is 30.3 Å². The molecule has 0 unspecified atom stereocenters. The molecular formula is C19H20FN3O3. The third kappa shape index (κ3) is 4.58. The van der Waals surface area contributed by atoms with Crippen molar-refractivity contribution in [1.82, 2.24) is 4.90 Å². The second-order valence-electron chi connectivity index (χ2n) is 5.87. The van der Waals surface area contributed by atoms with Crippen molar-refractivity contribution in [2.45, 2.75) is 0 Å². The minimum atomic E-state index is -0.418. The van der Waals surface area contributed by atoms with Crippen molar-refractivity contribution in [1.29, 1.82) is 0 Å². The number of rotatable bonds is 5. The van der Waals surface area contributed by atoms with Crippen LogP contribution in [0.1, 0.15) is 10.4 Å². The average molecular weight is 357 g/mol. The van der Waals surface area contributed by atoms with Gasteiger partial charge in [-0.15, -0.1) is 0 Å². The topological polar surface area (TPSA) is 70.7 Å². The van der Waals surface area contributed by atoms with Crippen LogP contribution < -0.4 is 10.6 Å². The maximum atomic E-state index is 13.5. The molecule has 0 aromatic heterocycles. The Morgan fingerprint density at radius 2 is 1.85 bits per heavy atom. The second-order valence-corrected chi connectivity index (χ2v) is 5.87. The maximum absolute atomic E-state index is 13.5. The first-order chi connectivity index (χ1) is 12.6. The minimum Gasteiger partial charge on any atom is -0.378 e. The van der Waals surface area contributed by atoms with Gasteiger partial charge in [0.15, 0.2) is 0 Å². The van der Waals surface area contributed by atoms with Crippen molar-refractivity contribution in [3.05, 3.63) is 59.9 Å². The Labute approximate surface area is 150 Å². The van der Waals surface area contributed by atoms with Crippen molar-refractivity contribution in [3.63, 3.8) is 0 Å². The van der Waals surface area contributed by atoms with Gasteiger partial charge >= 0.3 is 0 Å². The van der Waals surface area contributed by atoms with Gasteiger partial charge in [-0.1, -0.05) is 18.2 Å². The summed E-state index contributed by atoms with van der Waals surface area (Å²) in [5, 5.41) is 5.46. The van der Waals surface area contributed by atoms with Crippen molar-refractivity contribution in [3.8, 4) is 0 Å². The van der Waals surface area contributed by atoms with Gasteiger partial charge in [0.1, 0.15) is 5.82 Å². The lowest BCUT2D eigenvalue weighted by Crippen LogP contribution is -2.40. The number of anilines is 2. The van der Waals surface area contributed by atoms with Gasteiger partial charge in [0.05, 0.1) is 25.4 Å². The van der Waals surface area contributed by atoms with E-state index in [1.807, 2.05) is 0 Å². The van der Waals surface area contributed by atoms with Gasteiger partial charge in [0.2, 0.25) is 5.91 Å². The van der Waals surface area contributed by atoms with Crippen LogP contribution in [0.2, 0.25) is 0 Å². The van der Waals surface area contributed by atoms with Crippen molar-refractivity contribution < 1.29 is 18.7 Å². The van der Waals surface area contributed by atoms with E-state index in [-0.39, 0.29) is 24.0 Å². The zero-order valence-electron chi connectivity index (χ0n) is 14.2. The lowest BCUT2D eigenvalue weighted by Gasteiger charge is -2.27. The highest BCUT2D eigenvalue weighted by atomic mass is 19.1. The SMILES string of the molecule is O=C(CNc1ccccc1F)Nc1cccc(C(=O)N2CCOCC2)c1. The molecule has 26 heavy (non-hydrogen) atoms. The summed E-state index contributed by atoms with van der Waals surface area (Å²) in [5.74, 6) is -0.837. The molecule has 0 bridgehead atoms. The normalized spacial score (nSPS) is 14.0. The van der Waals surface area contributed by atoms with Gasteiger partial charge in [0, 0.05) is 24.3 Å². The molecule has 7 heteroatoms. The third-order valence-corrected chi connectivity index (χ3v) is 4.00. The molecule has 1 heterocycles. The van der Waals surface area contributed by atoms with E-state index in [1.165, 1.54) is 6.07 Å². The van der Waals surface area contributed by atoms with Crippen LogP contribution in [0.4, 0.5) is 15.8 Å². The largest absolute Gasteiger partial charge is 0.378 e. The van der Waals surface area contributed by atoms with Crippen molar-refractivity contribution in [2.24, 2.45) is 0 Å². The second kappa shape index (κ2) is 8.44.